The van der Waals surface area contributed by atoms with Gasteiger partial charge in [0.2, 0.25) is 0 Å². The average molecular weight is 480 g/mol. The molecule has 0 aliphatic carbocycles. The molecule has 0 aromatic carbocycles. The molecule has 10 heteroatoms. The molecule has 32 heavy (non-hydrogen) atoms. The standard InChI is InChI=1S/C22H30ClN5O3S/c1-22(2,3)20(29)28-18(25(4)19-8-7-17(23)32-19)14-15(24-28)16-6-5-9-27(16)21(30)26-10-12-31-13-11-26/h7-8,14,16H,5-6,9-13H2,1-4H3. The number of anilines is 2. The molecule has 2 saturated heterocycles. The van der Waals surface area contributed by atoms with Crippen LogP contribution in [0.25, 0.3) is 0 Å². The largest absolute Gasteiger partial charge is 0.378 e. The third-order valence-electron chi connectivity index (χ3n) is 5.90. The van der Waals surface area contributed by atoms with Crippen molar-refractivity contribution in [3.8, 4) is 0 Å². The molecule has 1 unspecified atom stereocenters. The van der Waals surface area contributed by atoms with Gasteiger partial charge in [0, 0.05) is 38.2 Å². The number of hydrogen-bond acceptors (Lipinski definition) is 6. The number of thiophene rings is 1. The first-order valence-corrected chi connectivity index (χ1v) is 12.1. The van der Waals surface area contributed by atoms with Crippen molar-refractivity contribution in [2.24, 2.45) is 5.41 Å². The molecule has 2 amide bonds. The second kappa shape index (κ2) is 9.03. The molecular formula is C22H30ClN5O3S. The molecule has 4 heterocycles. The minimum Gasteiger partial charge on any atom is -0.378 e. The zero-order chi connectivity index (χ0) is 23.0. The molecule has 1 atom stereocenters. The molecule has 2 aliphatic rings. The number of rotatable bonds is 3. The van der Waals surface area contributed by atoms with Crippen molar-refractivity contribution in [1.29, 1.82) is 0 Å². The summed E-state index contributed by atoms with van der Waals surface area (Å²) in [5.74, 6) is 0.571. The van der Waals surface area contributed by atoms with Crippen LogP contribution in [-0.2, 0) is 4.74 Å². The van der Waals surface area contributed by atoms with E-state index in [-0.39, 0.29) is 18.0 Å². The Balaban J connectivity index is 1.68. The second-order valence-electron chi connectivity index (χ2n) is 9.26. The summed E-state index contributed by atoms with van der Waals surface area (Å²) >= 11 is 7.59. The fourth-order valence-corrected chi connectivity index (χ4v) is 5.10. The van der Waals surface area contributed by atoms with Crippen molar-refractivity contribution in [2.75, 3.05) is 44.8 Å². The highest BCUT2D eigenvalue weighted by atomic mass is 35.5. The first kappa shape index (κ1) is 23.1. The monoisotopic (exact) mass is 479 g/mol. The SMILES string of the molecule is CN(c1ccc(Cl)s1)c1cc(C2CCCN2C(=O)N2CCOCC2)nn1C(=O)C(C)(C)C. The molecule has 0 bridgehead atoms. The van der Waals surface area contributed by atoms with E-state index in [2.05, 4.69) is 0 Å². The van der Waals surface area contributed by atoms with E-state index in [0.717, 1.165) is 23.5 Å². The van der Waals surface area contributed by atoms with Crippen LogP contribution in [0.2, 0.25) is 4.34 Å². The normalized spacial score (nSPS) is 19.5. The molecule has 2 fully saturated rings. The van der Waals surface area contributed by atoms with Crippen molar-refractivity contribution < 1.29 is 14.3 Å². The number of ether oxygens (including phenoxy) is 1. The number of nitrogens with zero attached hydrogens (tertiary/aromatic N) is 5. The highest BCUT2D eigenvalue weighted by Crippen LogP contribution is 2.38. The summed E-state index contributed by atoms with van der Waals surface area (Å²) in [7, 11) is 1.90. The number of urea groups is 1. The molecule has 0 saturated carbocycles. The van der Waals surface area contributed by atoms with Crippen LogP contribution < -0.4 is 4.90 Å². The van der Waals surface area contributed by atoms with Gasteiger partial charge in [-0.2, -0.15) is 9.78 Å². The number of halogens is 1. The van der Waals surface area contributed by atoms with E-state index >= 15 is 0 Å². The summed E-state index contributed by atoms with van der Waals surface area (Å²) in [4.78, 5) is 32.1. The molecule has 2 aliphatic heterocycles. The molecule has 2 aromatic rings. The van der Waals surface area contributed by atoms with Gasteiger partial charge >= 0.3 is 6.03 Å². The van der Waals surface area contributed by atoms with Crippen molar-refractivity contribution in [3.05, 3.63) is 28.2 Å². The first-order chi connectivity index (χ1) is 15.2. The van der Waals surface area contributed by atoms with Gasteiger partial charge in [-0.05, 0) is 25.0 Å². The van der Waals surface area contributed by atoms with Crippen LogP contribution in [0.1, 0.15) is 50.1 Å². The molecule has 4 rings (SSSR count). The lowest BCUT2D eigenvalue weighted by Gasteiger charge is -2.33. The molecule has 0 N–H and O–H groups in total. The summed E-state index contributed by atoms with van der Waals surface area (Å²) in [6.45, 7) is 8.67. The Morgan fingerprint density at radius 3 is 2.56 bits per heavy atom. The fourth-order valence-electron chi connectivity index (χ4n) is 4.10. The molecule has 8 nitrogen and oxygen atoms in total. The lowest BCUT2D eigenvalue weighted by molar-refractivity contribution is 0.0420. The van der Waals surface area contributed by atoms with Crippen molar-refractivity contribution >= 4 is 45.7 Å². The Labute approximate surface area is 197 Å². The van der Waals surface area contributed by atoms with Crippen LogP contribution in [0.4, 0.5) is 15.6 Å². The quantitative estimate of drug-likeness (QED) is 0.641. The van der Waals surface area contributed by atoms with Gasteiger partial charge in [0.25, 0.3) is 5.91 Å². The van der Waals surface area contributed by atoms with Crippen LogP contribution >= 0.6 is 22.9 Å². The van der Waals surface area contributed by atoms with Gasteiger partial charge in [0.15, 0.2) is 0 Å². The molecule has 2 aromatic heterocycles. The summed E-state index contributed by atoms with van der Waals surface area (Å²) in [5, 5.41) is 5.66. The van der Waals surface area contributed by atoms with Crippen LogP contribution in [0, 0.1) is 5.41 Å². The Hall–Kier alpha value is -2.10. The second-order valence-corrected chi connectivity index (χ2v) is 11.0. The molecule has 0 radical (unpaired) electrons. The zero-order valence-electron chi connectivity index (χ0n) is 19.0. The maximum atomic E-state index is 13.3. The van der Waals surface area contributed by atoms with Gasteiger partial charge in [0.1, 0.15) is 5.82 Å². The van der Waals surface area contributed by atoms with Crippen molar-refractivity contribution in [3.63, 3.8) is 0 Å². The van der Waals surface area contributed by atoms with Crippen molar-refractivity contribution in [1.82, 2.24) is 19.6 Å². The Morgan fingerprint density at radius 1 is 1.22 bits per heavy atom. The maximum Gasteiger partial charge on any atom is 0.320 e. The van der Waals surface area contributed by atoms with Crippen molar-refractivity contribution in [2.45, 2.75) is 39.7 Å². The van der Waals surface area contributed by atoms with Crippen LogP contribution in [0.3, 0.4) is 0 Å². The average Bonchev–Trinajstić information content (AvgIpc) is 3.51. The van der Waals surface area contributed by atoms with Gasteiger partial charge in [-0.3, -0.25) is 4.79 Å². The Bertz CT molecular complexity index is 992. The number of morpholine rings is 1. The summed E-state index contributed by atoms with van der Waals surface area (Å²) < 4.78 is 7.56. The predicted molar refractivity (Wildman–Crippen MR) is 126 cm³/mol. The number of carbonyl (C=O) groups is 2. The number of hydrogen-bond donors (Lipinski definition) is 0. The predicted octanol–water partition coefficient (Wildman–Crippen LogP) is 4.64. The van der Waals surface area contributed by atoms with Crippen LogP contribution in [0.15, 0.2) is 18.2 Å². The van der Waals surface area contributed by atoms with E-state index in [1.807, 2.05) is 60.7 Å². The van der Waals surface area contributed by atoms with Gasteiger partial charge in [-0.1, -0.05) is 32.4 Å². The smallest absolute Gasteiger partial charge is 0.320 e. The highest BCUT2D eigenvalue weighted by molar-refractivity contribution is 7.20. The van der Waals surface area contributed by atoms with E-state index in [1.54, 1.807) is 0 Å². The number of carbonyl (C=O) groups excluding carboxylic acids is 2. The first-order valence-electron chi connectivity index (χ1n) is 10.9. The summed E-state index contributed by atoms with van der Waals surface area (Å²) in [6, 6.07) is 5.57. The van der Waals surface area contributed by atoms with Gasteiger partial charge < -0.3 is 19.4 Å². The highest BCUT2D eigenvalue weighted by Gasteiger charge is 2.37. The summed E-state index contributed by atoms with van der Waals surface area (Å²) in [5.41, 5.74) is 0.136. The van der Waals surface area contributed by atoms with E-state index in [4.69, 9.17) is 21.4 Å². The topological polar surface area (TPSA) is 70.9 Å². The third kappa shape index (κ3) is 4.51. The Morgan fingerprint density at radius 2 is 1.94 bits per heavy atom. The van der Waals surface area contributed by atoms with E-state index < -0.39 is 5.41 Å². The van der Waals surface area contributed by atoms with E-state index in [1.165, 1.54) is 16.0 Å². The minimum absolute atomic E-state index is 0.0208. The van der Waals surface area contributed by atoms with E-state index in [9.17, 15) is 9.59 Å². The molecular weight excluding hydrogens is 450 g/mol. The Kier molecular flexibility index (Phi) is 6.51. The van der Waals surface area contributed by atoms with Crippen LogP contribution in [-0.4, -0.2) is 71.4 Å². The molecule has 0 spiro atoms. The lowest BCUT2D eigenvalue weighted by Crippen LogP contribution is -2.47. The van der Waals surface area contributed by atoms with Crippen LogP contribution in [0.5, 0.6) is 0 Å². The van der Waals surface area contributed by atoms with Gasteiger partial charge in [-0.15, -0.1) is 11.3 Å². The maximum absolute atomic E-state index is 13.3. The lowest BCUT2D eigenvalue weighted by atomic mass is 9.96. The van der Waals surface area contributed by atoms with Gasteiger partial charge in [-0.25, -0.2) is 4.79 Å². The molecule has 174 valence electrons. The number of amides is 2. The zero-order valence-corrected chi connectivity index (χ0v) is 20.6. The third-order valence-corrected chi connectivity index (χ3v) is 7.21. The summed E-state index contributed by atoms with van der Waals surface area (Å²) in [6.07, 6.45) is 1.73. The van der Waals surface area contributed by atoms with E-state index in [0.29, 0.717) is 43.0 Å². The number of likely N-dealkylation sites (tertiary alicyclic amines) is 1. The fraction of sp³-hybridized carbons (Fsp3) is 0.591. The number of aromatic nitrogens is 2. The van der Waals surface area contributed by atoms with Gasteiger partial charge in [0.05, 0.1) is 34.3 Å². The minimum atomic E-state index is -0.606.